The van der Waals surface area contributed by atoms with E-state index in [0.29, 0.717) is 30.1 Å². The van der Waals surface area contributed by atoms with Crippen molar-refractivity contribution in [3.8, 4) is 0 Å². The van der Waals surface area contributed by atoms with E-state index in [9.17, 15) is 15.0 Å². The van der Waals surface area contributed by atoms with Gasteiger partial charge in [0.2, 0.25) is 0 Å². The van der Waals surface area contributed by atoms with Gasteiger partial charge in [-0.15, -0.1) is 0 Å². The first-order valence-corrected chi connectivity index (χ1v) is 12.8. The number of hydrogen-bond donors (Lipinski definition) is 3. The minimum atomic E-state index is -1.24. The Morgan fingerprint density at radius 3 is 2.35 bits per heavy atom. The minimum absolute atomic E-state index is 0.0953. The highest BCUT2D eigenvalue weighted by Crippen LogP contribution is 2.69. The molecule has 0 heterocycles. The number of aliphatic hydroxyl groups excluding tert-OH is 2. The first-order chi connectivity index (χ1) is 14.6. The molecule has 4 fully saturated rings. The molecule has 0 bridgehead atoms. The van der Waals surface area contributed by atoms with Crippen LogP contribution in [-0.4, -0.2) is 39.7 Å². The second-order valence-electron chi connectivity index (χ2n) is 12.1. The average Bonchev–Trinajstić information content (AvgIpc) is 3.08. The van der Waals surface area contributed by atoms with Crippen molar-refractivity contribution in [2.45, 2.75) is 104 Å². The van der Waals surface area contributed by atoms with Crippen LogP contribution in [0.25, 0.3) is 0 Å². The summed E-state index contributed by atoms with van der Waals surface area (Å²) in [6, 6.07) is 0. The Labute approximate surface area is 187 Å². The largest absolute Gasteiger partial charge is 0.481 e. The molecule has 0 aromatic heterocycles. The lowest BCUT2D eigenvalue weighted by atomic mass is 9.41. The Morgan fingerprint density at radius 2 is 1.71 bits per heavy atom. The van der Waals surface area contributed by atoms with Gasteiger partial charge in [-0.05, 0) is 91.3 Å². The van der Waals surface area contributed by atoms with Crippen LogP contribution in [0, 0.1) is 52.3 Å². The summed E-state index contributed by atoms with van der Waals surface area (Å²) in [4.78, 5) is 11.1. The van der Waals surface area contributed by atoms with E-state index in [1.165, 1.54) is 0 Å². The van der Waals surface area contributed by atoms with Crippen molar-refractivity contribution in [1.82, 2.24) is 0 Å². The molecule has 178 valence electrons. The fourth-order valence-electron chi connectivity index (χ4n) is 9.51. The van der Waals surface area contributed by atoms with Gasteiger partial charge in [0.05, 0.1) is 12.2 Å². The van der Waals surface area contributed by atoms with E-state index in [1.54, 1.807) is 0 Å². The first kappa shape index (κ1) is 23.5. The van der Waals surface area contributed by atoms with Crippen LogP contribution in [0.2, 0.25) is 0 Å². The number of hydrogen-bond acceptors (Lipinski definition) is 3. The van der Waals surface area contributed by atoms with Crippen LogP contribution in [0.5, 0.6) is 0 Å². The molecule has 1 unspecified atom stereocenters. The van der Waals surface area contributed by atoms with Crippen molar-refractivity contribution < 1.29 is 24.5 Å². The van der Waals surface area contributed by atoms with Gasteiger partial charge in [0.25, 0.3) is 0 Å². The maximum Gasteiger partial charge on any atom is 0.303 e. The third-order valence-corrected chi connectivity index (χ3v) is 11.0. The van der Waals surface area contributed by atoms with Crippen LogP contribution in [0.4, 0.5) is 4.39 Å². The fourth-order valence-corrected chi connectivity index (χ4v) is 9.51. The standard InChI is InChI=1S/C26H43FO4/c1-5-15-22-23(27)19(28)11-13-26(22,4)18-10-12-25(3)16(14(2)6-9-20(29)30)7-8-17(25)21(18)24(15)31/h14-19,21-24,28,31H,5-13H2,1-4H3,(H,29,30)/t14?,15-,16-,17+,18+,19-,21+,22-,23+,24-,25-,26-/m1/s1. The van der Waals surface area contributed by atoms with Gasteiger partial charge in [-0.3, -0.25) is 4.79 Å². The summed E-state index contributed by atoms with van der Waals surface area (Å²) in [5, 5.41) is 31.1. The van der Waals surface area contributed by atoms with Gasteiger partial charge in [-0.25, -0.2) is 4.39 Å². The molecule has 0 saturated heterocycles. The van der Waals surface area contributed by atoms with E-state index in [1.807, 2.05) is 0 Å². The lowest BCUT2D eigenvalue weighted by Crippen LogP contribution is -2.65. The van der Waals surface area contributed by atoms with Crippen molar-refractivity contribution in [2.24, 2.45) is 52.3 Å². The molecule has 3 N–H and O–H groups in total. The number of rotatable bonds is 5. The zero-order valence-electron chi connectivity index (χ0n) is 19.8. The second kappa shape index (κ2) is 8.27. The molecule has 0 radical (unpaired) electrons. The molecule has 0 aromatic rings. The second-order valence-corrected chi connectivity index (χ2v) is 12.1. The molecule has 0 spiro atoms. The van der Waals surface area contributed by atoms with E-state index in [4.69, 9.17) is 5.11 Å². The Balaban J connectivity index is 1.64. The van der Waals surface area contributed by atoms with Gasteiger partial charge < -0.3 is 15.3 Å². The summed E-state index contributed by atoms with van der Waals surface area (Å²) in [6.07, 6.45) is 4.75. The van der Waals surface area contributed by atoms with Crippen molar-refractivity contribution >= 4 is 5.97 Å². The normalized spacial score (nSPS) is 52.7. The topological polar surface area (TPSA) is 77.8 Å². The van der Waals surface area contributed by atoms with Crippen LogP contribution in [0.3, 0.4) is 0 Å². The monoisotopic (exact) mass is 438 g/mol. The van der Waals surface area contributed by atoms with E-state index < -0.39 is 24.3 Å². The maximum atomic E-state index is 15.4. The smallest absolute Gasteiger partial charge is 0.303 e. The minimum Gasteiger partial charge on any atom is -0.481 e. The van der Waals surface area contributed by atoms with Gasteiger partial charge in [-0.1, -0.05) is 34.1 Å². The summed E-state index contributed by atoms with van der Waals surface area (Å²) >= 11 is 0. The van der Waals surface area contributed by atoms with E-state index in [2.05, 4.69) is 27.7 Å². The molecular formula is C26H43FO4. The number of aliphatic carboxylic acids is 1. The molecule has 4 nitrogen and oxygen atoms in total. The molecule has 0 aliphatic heterocycles. The summed E-state index contributed by atoms with van der Waals surface area (Å²) in [5.74, 6) is 0.733. The lowest BCUT2D eigenvalue weighted by molar-refractivity contribution is -0.222. The average molecular weight is 439 g/mol. The third kappa shape index (κ3) is 3.48. The zero-order valence-corrected chi connectivity index (χ0v) is 19.8. The van der Waals surface area contributed by atoms with Gasteiger partial charge in [0, 0.05) is 12.3 Å². The fraction of sp³-hybridized carbons (Fsp3) is 0.962. The molecule has 0 aromatic carbocycles. The lowest BCUT2D eigenvalue weighted by Gasteiger charge is -2.65. The highest BCUT2D eigenvalue weighted by atomic mass is 19.1. The van der Waals surface area contributed by atoms with Gasteiger partial charge in [0.1, 0.15) is 6.17 Å². The number of aliphatic hydroxyl groups is 2. The molecule has 4 saturated carbocycles. The Bertz CT molecular complexity index is 684. The van der Waals surface area contributed by atoms with Crippen molar-refractivity contribution in [1.29, 1.82) is 0 Å². The first-order valence-electron chi connectivity index (χ1n) is 12.8. The molecule has 12 atom stereocenters. The number of carbonyl (C=O) groups is 1. The Kier molecular flexibility index (Phi) is 6.26. The molecular weight excluding hydrogens is 395 g/mol. The van der Waals surface area contributed by atoms with E-state index in [-0.39, 0.29) is 35.0 Å². The number of carboxylic acid groups (broad SMARTS) is 1. The van der Waals surface area contributed by atoms with Crippen molar-refractivity contribution in [3.63, 3.8) is 0 Å². The summed E-state index contributed by atoms with van der Waals surface area (Å²) in [7, 11) is 0. The van der Waals surface area contributed by atoms with Crippen LogP contribution >= 0.6 is 0 Å². The van der Waals surface area contributed by atoms with Crippen molar-refractivity contribution in [2.75, 3.05) is 0 Å². The maximum absolute atomic E-state index is 15.4. The number of carboxylic acids is 1. The predicted molar refractivity (Wildman–Crippen MR) is 118 cm³/mol. The van der Waals surface area contributed by atoms with Gasteiger partial charge >= 0.3 is 5.97 Å². The highest BCUT2D eigenvalue weighted by molar-refractivity contribution is 5.66. The molecule has 4 rings (SSSR count). The molecule has 4 aliphatic rings. The number of alkyl halides is 1. The third-order valence-electron chi connectivity index (χ3n) is 11.0. The number of fused-ring (bicyclic) bond motifs is 5. The predicted octanol–water partition coefficient (Wildman–Crippen LogP) is 5.06. The Morgan fingerprint density at radius 1 is 1.06 bits per heavy atom. The molecule has 0 amide bonds. The summed E-state index contributed by atoms with van der Waals surface area (Å²) in [6.45, 7) is 8.93. The Hall–Kier alpha value is -0.680. The highest BCUT2D eigenvalue weighted by Gasteiger charge is 2.66. The van der Waals surface area contributed by atoms with Crippen LogP contribution in [-0.2, 0) is 4.79 Å². The zero-order chi connectivity index (χ0) is 22.7. The van der Waals surface area contributed by atoms with Gasteiger partial charge in [0.15, 0.2) is 0 Å². The SMILES string of the molecule is CC[C@H]1[C@@H](O)[C@@H]2[C@H](CC[C@]3(C)[C@@H](C(C)CCC(=O)O)CC[C@@H]23)[C@@]2(C)CC[C@@H](O)[C@H](F)[C@@H]12. The van der Waals surface area contributed by atoms with Crippen LogP contribution in [0.1, 0.15) is 85.5 Å². The van der Waals surface area contributed by atoms with E-state index >= 15 is 4.39 Å². The molecule has 4 aliphatic carbocycles. The number of halogens is 1. The van der Waals surface area contributed by atoms with Gasteiger partial charge in [-0.2, -0.15) is 0 Å². The summed E-state index contributed by atoms with van der Waals surface area (Å²) < 4.78 is 15.4. The molecule has 31 heavy (non-hydrogen) atoms. The van der Waals surface area contributed by atoms with Crippen LogP contribution in [0.15, 0.2) is 0 Å². The van der Waals surface area contributed by atoms with Crippen LogP contribution < -0.4 is 0 Å². The van der Waals surface area contributed by atoms with Crippen molar-refractivity contribution in [3.05, 3.63) is 0 Å². The molecule has 5 heteroatoms. The quantitative estimate of drug-likeness (QED) is 0.560. The summed E-state index contributed by atoms with van der Waals surface area (Å²) in [5.41, 5.74) is -0.0254. The van der Waals surface area contributed by atoms with E-state index in [0.717, 1.165) is 44.9 Å².